The van der Waals surface area contributed by atoms with Crippen LogP contribution in [0.1, 0.15) is 12.5 Å². The largest absolute Gasteiger partial charge is 0.358 e. The number of hydrogen-bond acceptors (Lipinski definition) is 5. The average molecular weight is 292 g/mol. The van der Waals surface area contributed by atoms with Crippen molar-refractivity contribution in [3.8, 4) is 0 Å². The summed E-state index contributed by atoms with van der Waals surface area (Å²) in [6, 6.07) is 4.03. The van der Waals surface area contributed by atoms with Gasteiger partial charge in [-0.1, -0.05) is 11.6 Å². The lowest BCUT2D eigenvalue weighted by Gasteiger charge is -2.19. The first kappa shape index (κ1) is 14.5. The highest BCUT2D eigenvalue weighted by Crippen LogP contribution is 2.22. The van der Waals surface area contributed by atoms with Gasteiger partial charge in [-0.2, -0.15) is 4.98 Å². The molecule has 0 aromatic carbocycles. The molecule has 0 bridgehead atoms. The van der Waals surface area contributed by atoms with E-state index in [9.17, 15) is 0 Å². The van der Waals surface area contributed by atoms with Gasteiger partial charge in [0.15, 0.2) is 5.82 Å². The number of nitrogens with one attached hydrogen (secondary N) is 1. The second-order valence-electron chi connectivity index (χ2n) is 4.42. The Balaban J connectivity index is 2.04. The van der Waals surface area contributed by atoms with Gasteiger partial charge in [0.1, 0.15) is 5.02 Å². The summed E-state index contributed by atoms with van der Waals surface area (Å²) in [5, 5.41) is 3.65. The third-order valence-corrected chi connectivity index (χ3v) is 3.17. The number of likely N-dealkylation sites (N-methyl/N-ethyl adjacent to an activating group) is 1. The van der Waals surface area contributed by atoms with Crippen LogP contribution in [0.3, 0.4) is 0 Å². The zero-order valence-electron chi connectivity index (χ0n) is 11.7. The Morgan fingerprint density at radius 2 is 2.05 bits per heavy atom. The molecule has 0 aliphatic rings. The minimum Gasteiger partial charge on any atom is -0.358 e. The van der Waals surface area contributed by atoms with E-state index in [4.69, 9.17) is 11.6 Å². The van der Waals surface area contributed by atoms with Crippen LogP contribution in [0.5, 0.6) is 0 Å². The summed E-state index contributed by atoms with van der Waals surface area (Å²) in [7, 11) is 1.98. The number of pyridine rings is 1. The molecular formula is C14H18ClN5. The molecule has 0 spiro atoms. The topological polar surface area (TPSA) is 53.9 Å². The quantitative estimate of drug-likeness (QED) is 0.887. The second kappa shape index (κ2) is 7.05. The van der Waals surface area contributed by atoms with E-state index in [-0.39, 0.29) is 0 Å². The molecule has 0 atom stereocenters. The SMILES string of the molecule is CCNc1ncc(Cl)c(N(C)CCc2ccncc2)n1. The van der Waals surface area contributed by atoms with E-state index in [2.05, 4.69) is 20.3 Å². The number of hydrogen-bond donors (Lipinski definition) is 1. The van der Waals surface area contributed by atoms with Crippen molar-refractivity contribution in [3.05, 3.63) is 41.3 Å². The molecule has 2 aromatic rings. The van der Waals surface area contributed by atoms with Crippen molar-refractivity contribution < 1.29 is 0 Å². The third kappa shape index (κ3) is 3.81. The minimum absolute atomic E-state index is 0.559. The fourth-order valence-electron chi connectivity index (χ4n) is 1.82. The average Bonchev–Trinajstić information content (AvgIpc) is 2.48. The Morgan fingerprint density at radius 1 is 1.30 bits per heavy atom. The smallest absolute Gasteiger partial charge is 0.224 e. The van der Waals surface area contributed by atoms with Crippen LogP contribution in [0, 0.1) is 0 Å². The zero-order chi connectivity index (χ0) is 14.4. The number of aromatic nitrogens is 3. The summed E-state index contributed by atoms with van der Waals surface area (Å²) in [5.74, 6) is 1.34. The van der Waals surface area contributed by atoms with Gasteiger partial charge in [-0.3, -0.25) is 4.98 Å². The van der Waals surface area contributed by atoms with Gasteiger partial charge in [0, 0.05) is 32.5 Å². The highest BCUT2D eigenvalue weighted by atomic mass is 35.5. The van der Waals surface area contributed by atoms with Gasteiger partial charge < -0.3 is 10.2 Å². The van der Waals surface area contributed by atoms with Crippen LogP contribution in [0.4, 0.5) is 11.8 Å². The van der Waals surface area contributed by atoms with Crippen LogP contribution >= 0.6 is 11.6 Å². The first-order valence-electron chi connectivity index (χ1n) is 6.57. The van der Waals surface area contributed by atoms with Crippen LogP contribution in [0.25, 0.3) is 0 Å². The van der Waals surface area contributed by atoms with Crippen molar-refractivity contribution in [2.75, 3.05) is 30.4 Å². The predicted molar refractivity (Wildman–Crippen MR) is 82.4 cm³/mol. The predicted octanol–water partition coefficient (Wildman–Crippen LogP) is 2.64. The summed E-state index contributed by atoms with van der Waals surface area (Å²) in [5.41, 5.74) is 1.24. The molecule has 5 nitrogen and oxygen atoms in total. The summed E-state index contributed by atoms with van der Waals surface area (Å²) in [6.07, 6.45) is 6.15. The van der Waals surface area contributed by atoms with Gasteiger partial charge in [-0.05, 0) is 31.0 Å². The number of nitrogens with zero attached hydrogens (tertiary/aromatic N) is 4. The Labute approximate surface area is 124 Å². The Hall–Kier alpha value is -1.88. The van der Waals surface area contributed by atoms with Crippen molar-refractivity contribution in [2.24, 2.45) is 0 Å². The molecule has 0 aliphatic heterocycles. The highest BCUT2D eigenvalue weighted by molar-refractivity contribution is 6.32. The van der Waals surface area contributed by atoms with Crippen LogP contribution in [0.2, 0.25) is 5.02 Å². The first-order chi connectivity index (χ1) is 9.70. The van der Waals surface area contributed by atoms with Crippen molar-refractivity contribution in [3.63, 3.8) is 0 Å². The molecule has 0 unspecified atom stereocenters. The van der Waals surface area contributed by atoms with Crippen LogP contribution in [-0.4, -0.2) is 35.1 Å². The molecule has 0 radical (unpaired) electrons. The molecular weight excluding hydrogens is 274 g/mol. The van der Waals surface area contributed by atoms with E-state index in [1.54, 1.807) is 18.6 Å². The standard InChI is InChI=1S/C14H18ClN5/c1-3-17-14-18-10-12(15)13(19-14)20(2)9-6-11-4-7-16-8-5-11/h4-5,7-8,10H,3,6,9H2,1-2H3,(H,17,18,19). The Morgan fingerprint density at radius 3 is 2.75 bits per heavy atom. The van der Waals surface area contributed by atoms with Crippen molar-refractivity contribution in [1.82, 2.24) is 15.0 Å². The maximum Gasteiger partial charge on any atom is 0.224 e. The molecule has 2 aromatic heterocycles. The number of rotatable bonds is 6. The molecule has 0 saturated heterocycles. The van der Waals surface area contributed by atoms with E-state index >= 15 is 0 Å². The van der Waals surface area contributed by atoms with Crippen LogP contribution in [-0.2, 0) is 6.42 Å². The molecule has 6 heteroatoms. The highest BCUT2D eigenvalue weighted by Gasteiger charge is 2.10. The van der Waals surface area contributed by atoms with Gasteiger partial charge >= 0.3 is 0 Å². The van der Waals surface area contributed by atoms with Crippen LogP contribution < -0.4 is 10.2 Å². The van der Waals surface area contributed by atoms with E-state index in [0.29, 0.717) is 11.0 Å². The molecule has 106 valence electrons. The van der Waals surface area contributed by atoms with Gasteiger partial charge in [-0.25, -0.2) is 4.98 Å². The minimum atomic E-state index is 0.559. The van der Waals surface area contributed by atoms with Crippen molar-refractivity contribution in [1.29, 1.82) is 0 Å². The molecule has 2 heterocycles. The van der Waals surface area contributed by atoms with Crippen LogP contribution in [0.15, 0.2) is 30.7 Å². The summed E-state index contributed by atoms with van der Waals surface area (Å²) in [4.78, 5) is 14.6. The van der Waals surface area contributed by atoms with E-state index < -0.39 is 0 Å². The molecule has 2 rings (SSSR count). The number of anilines is 2. The molecule has 1 N–H and O–H groups in total. The molecule has 0 aliphatic carbocycles. The molecule has 0 fully saturated rings. The fraction of sp³-hybridized carbons (Fsp3) is 0.357. The molecule has 20 heavy (non-hydrogen) atoms. The summed E-state index contributed by atoms with van der Waals surface area (Å²) in [6.45, 7) is 3.61. The first-order valence-corrected chi connectivity index (χ1v) is 6.95. The Bertz CT molecular complexity index is 547. The summed E-state index contributed by atoms with van der Waals surface area (Å²) >= 11 is 6.17. The molecule has 0 amide bonds. The zero-order valence-corrected chi connectivity index (χ0v) is 12.4. The second-order valence-corrected chi connectivity index (χ2v) is 4.83. The van der Waals surface area contributed by atoms with Gasteiger partial charge in [-0.15, -0.1) is 0 Å². The normalized spacial score (nSPS) is 10.3. The monoisotopic (exact) mass is 291 g/mol. The fourth-order valence-corrected chi connectivity index (χ4v) is 2.06. The van der Waals surface area contributed by atoms with Crippen molar-refractivity contribution >= 4 is 23.4 Å². The molecule has 0 saturated carbocycles. The van der Waals surface area contributed by atoms with Gasteiger partial charge in [0.05, 0.1) is 6.20 Å². The van der Waals surface area contributed by atoms with E-state index in [1.165, 1.54) is 5.56 Å². The maximum atomic E-state index is 6.17. The van der Waals surface area contributed by atoms with Crippen molar-refractivity contribution in [2.45, 2.75) is 13.3 Å². The maximum absolute atomic E-state index is 6.17. The van der Waals surface area contributed by atoms with E-state index in [1.807, 2.05) is 31.0 Å². The summed E-state index contributed by atoms with van der Waals surface area (Å²) < 4.78 is 0. The van der Waals surface area contributed by atoms with E-state index in [0.717, 1.165) is 25.3 Å². The third-order valence-electron chi connectivity index (χ3n) is 2.91. The van der Waals surface area contributed by atoms with Gasteiger partial charge in [0.25, 0.3) is 0 Å². The Kier molecular flexibility index (Phi) is 5.12. The van der Waals surface area contributed by atoms with Gasteiger partial charge in [0.2, 0.25) is 5.95 Å². The lowest BCUT2D eigenvalue weighted by molar-refractivity contribution is 0.854. The lowest BCUT2D eigenvalue weighted by Crippen LogP contribution is -2.22. The number of halogens is 1. The lowest BCUT2D eigenvalue weighted by atomic mass is 10.2.